The predicted molar refractivity (Wildman–Crippen MR) is 240 cm³/mol. The molecule has 10 heteroatoms. The normalized spacial score (nSPS) is 12.2. The Labute approximate surface area is 367 Å². The van der Waals surface area contributed by atoms with E-state index in [0.29, 0.717) is 17.2 Å². The van der Waals surface area contributed by atoms with Gasteiger partial charge in [0, 0.05) is 68.1 Å². The van der Waals surface area contributed by atoms with E-state index in [2.05, 4.69) is 145 Å². The minimum Gasteiger partial charge on any atom is -0.507 e. The number of aromatic hydroxyl groups is 1. The maximum atomic E-state index is 11.9. The van der Waals surface area contributed by atoms with E-state index in [4.69, 9.17) is 15.0 Å². The molecule has 0 radical (unpaired) electrons. The summed E-state index contributed by atoms with van der Waals surface area (Å²) in [5.41, 5.74) is 13.3. The molecule has 8 nitrogen and oxygen atoms in total. The Morgan fingerprint density at radius 2 is 1.40 bits per heavy atom. The van der Waals surface area contributed by atoms with Crippen molar-refractivity contribution in [2.45, 2.75) is 59.3 Å². The van der Waals surface area contributed by atoms with Crippen molar-refractivity contribution in [2.75, 3.05) is 0 Å². The Kier molecular flexibility index (Phi) is 9.60. The van der Waals surface area contributed by atoms with Crippen LogP contribution in [0.4, 0.5) is 0 Å². The second-order valence-electron chi connectivity index (χ2n) is 17.3. The summed E-state index contributed by atoms with van der Waals surface area (Å²) in [5, 5.41) is 13.0. The van der Waals surface area contributed by atoms with Crippen molar-refractivity contribution < 1.29 is 26.2 Å². The maximum absolute atomic E-state index is 11.9. The molecular weight excluding hydrogens is 942 g/mol. The average molecular weight is 984 g/mol. The zero-order chi connectivity index (χ0) is 40.8. The van der Waals surface area contributed by atoms with Gasteiger partial charge in [0.25, 0.3) is 0 Å². The summed E-state index contributed by atoms with van der Waals surface area (Å²) < 4.78 is 5.46. The summed E-state index contributed by atoms with van der Waals surface area (Å²) in [7, 11) is 0. The number of aryl methyl sites for hydroxylation is 1. The van der Waals surface area contributed by atoms with Gasteiger partial charge in [-0.25, -0.2) is 23.7 Å². The van der Waals surface area contributed by atoms with Gasteiger partial charge in [-0.05, 0) is 71.3 Å². The van der Waals surface area contributed by atoms with Crippen LogP contribution in [0.1, 0.15) is 58.5 Å². The molecule has 0 amide bonds. The van der Waals surface area contributed by atoms with Gasteiger partial charge in [-0.1, -0.05) is 112 Å². The minimum atomic E-state index is -0.0584. The molecule has 1 N–H and O–H groups in total. The molecule has 0 atom stereocenters. The summed E-state index contributed by atoms with van der Waals surface area (Å²) in [4.78, 5) is 24.3. The Bertz CT molecular complexity index is 3260. The number of benzene rings is 5. The van der Waals surface area contributed by atoms with E-state index in [1.165, 1.54) is 11.1 Å². The molecule has 0 spiro atoms. The van der Waals surface area contributed by atoms with E-state index in [9.17, 15) is 5.11 Å². The molecule has 0 bridgehead atoms. The van der Waals surface area contributed by atoms with E-state index in [-0.39, 0.29) is 37.6 Å². The quantitative estimate of drug-likeness (QED) is 0.173. The molecule has 0 aliphatic heterocycles. The molecule has 10 aromatic rings. The molecule has 0 fully saturated rings. The molecular formula is C50H42N7OPtS-. The van der Waals surface area contributed by atoms with Crippen LogP contribution < -0.4 is 0 Å². The second-order valence-corrected chi connectivity index (χ2v) is 18.3. The van der Waals surface area contributed by atoms with Crippen molar-refractivity contribution in [1.29, 1.82) is 0 Å². The summed E-state index contributed by atoms with van der Waals surface area (Å²) >= 11 is 1.65. The fourth-order valence-corrected chi connectivity index (χ4v) is 8.90. The molecule has 0 aliphatic carbocycles. The Morgan fingerprint density at radius 3 is 2.15 bits per heavy atom. The topological polar surface area (TPSA) is 94.0 Å². The fourth-order valence-electron chi connectivity index (χ4n) is 7.84. The van der Waals surface area contributed by atoms with Crippen molar-refractivity contribution in [3.8, 4) is 56.3 Å². The Balaban J connectivity index is 0.00000462. The molecule has 5 aromatic heterocycles. The monoisotopic (exact) mass is 983 g/mol. The summed E-state index contributed by atoms with van der Waals surface area (Å²) in [6.07, 6.45) is 5.60. The van der Waals surface area contributed by atoms with Gasteiger partial charge in [-0.3, -0.25) is 9.55 Å². The molecule has 60 heavy (non-hydrogen) atoms. The maximum Gasteiger partial charge on any atom is 0.156 e. The van der Waals surface area contributed by atoms with E-state index >= 15 is 0 Å². The first-order chi connectivity index (χ1) is 28.3. The van der Waals surface area contributed by atoms with E-state index in [1.807, 2.05) is 43.7 Å². The van der Waals surface area contributed by atoms with E-state index < -0.39 is 0 Å². The molecule has 5 aromatic carbocycles. The molecule has 10 rings (SSSR count). The minimum absolute atomic E-state index is 0. The molecule has 0 unspecified atom stereocenters. The third kappa shape index (κ3) is 6.80. The van der Waals surface area contributed by atoms with Crippen LogP contribution in [0.5, 0.6) is 5.75 Å². The largest absolute Gasteiger partial charge is 0.507 e. The van der Waals surface area contributed by atoms with Crippen molar-refractivity contribution in [1.82, 2.24) is 33.3 Å². The standard InChI is InChI=1S/C50H42N7OS.Pt/c1-29-52-27-33(28-53-29)30-21-31(23-32(22-30)40-24-35(19-20-51-40)50(5,6)7)37-12-10-13-42-46(37)55-47(56(42)36-17-15-34(16-18-36)49(2,3)4)39-25-43-41(26-44(39)58)54-48-38-11-8-9-14-45(38)59-57(43)48;/h8-22,24-28,58H,1-7H3;/q-1;. The molecule has 0 aliphatic rings. The first kappa shape index (κ1) is 39.4. The van der Waals surface area contributed by atoms with Crippen molar-refractivity contribution in [3.05, 3.63) is 145 Å². The zero-order valence-electron chi connectivity index (χ0n) is 34.3. The summed E-state index contributed by atoms with van der Waals surface area (Å²) in [6, 6.07) is 39.2. The number of hydrogen-bond donors (Lipinski definition) is 1. The molecule has 0 saturated heterocycles. The van der Waals surface area contributed by atoms with Gasteiger partial charge < -0.3 is 5.11 Å². The third-order valence-electron chi connectivity index (χ3n) is 11.1. The summed E-state index contributed by atoms with van der Waals surface area (Å²) in [5.74, 6) is 1.44. The number of hydrogen-bond acceptors (Lipinski definition) is 7. The van der Waals surface area contributed by atoms with Crippen LogP contribution in [0.3, 0.4) is 0 Å². The van der Waals surface area contributed by atoms with Gasteiger partial charge in [0.15, 0.2) is 5.65 Å². The van der Waals surface area contributed by atoms with Gasteiger partial charge in [-0.15, -0.1) is 23.8 Å². The van der Waals surface area contributed by atoms with E-state index in [0.717, 1.165) is 77.0 Å². The van der Waals surface area contributed by atoms with Crippen LogP contribution in [0.2, 0.25) is 0 Å². The number of phenols is 1. The Morgan fingerprint density at radius 1 is 0.667 bits per heavy atom. The van der Waals surface area contributed by atoms with Crippen molar-refractivity contribution >= 4 is 49.3 Å². The SMILES string of the molecule is Cc1ncc(-c2cc(-c3cc(C(C)(C)C)ccn3)[c-]c(-c3cccc4c3nc(-c3cc5c(cc3O)nc3c6ccccc6sn53)n4-c3ccc(C(C)(C)C)cc3)c2)cn1.[Pt]. The van der Waals surface area contributed by atoms with E-state index in [1.54, 1.807) is 17.6 Å². The van der Waals surface area contributed by atoms with Crippen LogP contribution in [0, 0.1) is 13.0 Å². The van der Waals surface area contributed by atoms with Crippen LogP contribution in [0.15, 0.2) is 122 Å². The average Bonchev–Trinajstić information content (AvgIpc) is 3.90. The number of fused-ring (bicyclic) bond motifs is 6. The second kappa shape index (κ2) is 14.6. The summed E-state index contributed by atoms with van der Waals surface area (Å²) in [6.45, 7) is 15.2. The third-order valence-corrected chi connectivity index (χ3v) is 12.2. The fraction of sp³-hybridized carbons (Fsp3) is 0.180. The number of phenolic OH excluding ortho intramolecular Hbond substituents is 1. The molecule has 5 heterocycles. The van der Waals surface area contributed by atoms with Gasteiger partial charge >= 0.3 is 0 Å². The number of nitrogens with zero attached hydrogens (tertiary/aromatic N) is 7. The van der Waals surface area contributed by atoms with Crippen molar-refractivity contribution in [3.63, 3.8) is 0 Å². The first-order valence-corrected chi connectivity index (χ1v) is 20.6. The number of imidazole rings is 2. The number of pyridine rings is 1. The number of rotatable bonds is 5. The zero-order valence-corrected chi connectivity index (χ0v) is 37.4. The predicted octanol–water partition coefficient (Wildman–Crippen LogP) is 12.3. The van der Waals surface area contributed by atoms with Crippen molar-refractivity contribution in [2.24, 2.45) is 0 Å². The number of para-hydroxylation sites is 1. The first-order valence-electron chi connectivity index (χ1n) is 19.8. The van der Waals surface area contributed by atoms with Crippen LogP contribution in [-0.4, -0.2) is 38.4 Å². The van der Waals surface area contributed by atoms with Crippen LogP contribution in [0.25, 0.3) is 88.4 Å². The molecule has 300 valence electrons. The number of aromatic nitrogens is 7. The van der Waals surface area contributed by atoms with Gasteiger partial charge in [0.05, 0.1) is 32.3 Å². The smallest absolute Gasteiger partial charge is 0.156 e. The van der Waals surface area contributed by atoms with Gasteiger partial charge in [0.1, 0.15) is 17.4 Å². The Hall–Kier alpha value is -6.02. The van der Waals surface area contributed by atoms with Crippen LogP contribution in [-0.2, 0) is 31.9 Å². The molecule has 0 saturated carbocycles. The van der Waals surface area contributed by atoms with Gasteiger partial charge in [0.2, 0.25) is 0 Å². The van der Waals surface area contributed by atoms with Gasteiger partial charge in [-0.2, -0.15) is 0 Å². The van der Waals surface area contributed by atoms with Crippen LogP contribution >= 0.6 is 11.5 Å².